The van der Waals surface area contributed by atoms with Crippen LogP contribution in [0.2, 0.25) is 0 Å². The summed E-state index contributed by atoms with van der Waals surface area (Å²) in [6.07, 6.45) is -4.93. The number of alkyl halides is 3. The Labute approximate surface area is 105 Å². The van der Waals surface area contributed by atoms with Crippen LogP contribution in [0.4, 0.5) is 13.2 Å². The summed E-state index contributed by atoms with van der Waals surface area (Å²) in [5.74, 6) is 0.640. The summed E-state index contributed by atoms with van der Waals surface area (Å²) in [5, 5.41) is 2.91. The molecule has 0 saturated carbocycles. The highest BCUT2D eigenvalue weighted by molar-refractivity contribution is 5.35. The van der Waals surface area contributed by atoms with E-state index in [0.717, 1.165) is 5.56 Å². The summed E-state index contributed by atoms with van der Waals surface area (Å²) in [6.45, 7) is 2.34. The molecule has 1 atom stereocenters. The van der Waals surface area contributed by atoms with E-state index in [0.29, 0.717) is 12.4 Å². The van der Waals surface area contributed by atoms with Gasteiger partial charge in [0, 0.05) is 18.0 Å². The smallest absolute Gasteiger partial charge is 0.389 e. The SMILES string of the molecule is CCOc1ccccc1C(CCC(F)(F)F)NC. The van der Waals surface area contributed by atoms with Crippen LogP contribution >= 0.6 is 0 Å². The first-order chi connectivity index (χ1) is 8.48. The molecule has 0 saturated heterocycles. The van der Waals surface area contributed by atoms with Crippen molar-refractivity contribution in [1.82, 2.24) is 5.32 Å². The first-order valence-electron chi connectivity index (χ1n) is 5.93. The predicted octanol–water partition coefficient (Wildman–Crippen LogP) is 3.69. The Morgan fingerprint density at radius 3 is 2.50 bits per heavy atom. The van der Waals surface area contributed by atoms with Crippen molar-refractivity contribution in [1.29, 1.82) is 0 Å². The standard InChI is InChI=1S/C13H18F3NO/c1-3-18-12-7-5-4-6-10(12)11(17-2)8-9-13(14,15)16/h4-7,11,17H,3,8-9H2,1-2H3. The maximum atomic E-state index is 12.3. The van der Waals surface area contributed by atoms with Gasteiger partial charge in [0.2, 0.25) is 0 Å². The summed E-state index contributed by atoms with van der Waals surface area (Å²) in [7, 11) is 1.66. The van der Waals surface area contributed by atoms with E-state index in [1.807, 2.05) is 13.0 Å². The third-order valence-corrected chi connectivity index (χ3v) is 2.66. The molecule has 0 aliphatic rings. The Bertz CT molecular complexity index is 365. The lowest BCUT2D eigenvalue weighted by molar-refractivity contribution is -0.136. The van der Waals surface area contributed by atoms with Gasteiger partial charge in [0.15, 0.2) is 0 Å². The zero-order valence-corrected chi connectivity index (χ0v) is 10.6. The molecule has 0 fully saturated rings. The molecule has 102 valence electrons. The Morgan fingerprint density at radius 2 is 1.94 bits per heavy atom. The number of rotatable bonds is 6. The number of halogens is 3. The first kappa shape index (κ1) is 14.8. The molecular formula is C13H18F3NO. The molecule has 0 heterocycles. The third-order valence-electron chi connectivity index (χ3n) is 2.66. The van der Waals surface area contributed by atoms with Gasteiger partial charge in [-0.2, -0.15) is 13.2 Å². The molecular weight excluding hydrogens is 243 g/mol. The molecule has 18 heavy (non-hydrogen) atoms. The first-order valence-corrected chi connectivity index (χ1v) is 5.93. The van der Waals surface area contributed by atoms with Crippen molar-refractivity contribution in [2.45, 2.75) is 32.0 Å². The summed E-state index contributed by atoms with van der Waals surface area (Å²) in [6, 6.07) is 6.83. The van der Waals surface area contributed by atoms with Gasteiger partial charge in [-0.3, -0.25) is 0 Å². The molecule has 0 aromatic heterocycles. The van der Waals surface area contributed by atoms with Crippen LogP contribution in [-0.4, -0.2) is 19.8 Å². The van der Waals surface area contributed by atoms with Gasteiger partial charge < -0.3 is 10.1 Å². The fourth-order valence-corrected chi connectivity index (χ4v) is 1.82. The molecule has 1 rings (SSSR count). The lowest BCUT2D eigenvalue weighted by Crippen LogP contribution is -2.20. The van der Waals surface area contributed by atoms with Crippen LogP contribution in [0.15, 0.2) is 24.3 Å². The fourth-order valence-electron chi connectivity index (χ4n) is 1.82. The molecule has 0 amide bonds. The van der Waals surface area contributed by atoms with E-state index < -0.39 is 12.6 Å². The van der Waals surface area contributed by atoms with Crippen LogP contribution in [0.5, 0.6) is 5.75 Å². The van der Waals surface area contributed by atoms with Crippen LogP contribution in [0.1, 0.15) is 31.4 Å². The molecule has 1 aromatic carbocycles. The lowest BCUT2D eigenvalue weighted by Gasteiger charge is -2.20. The van der Waals surface area contributed by atoms with E-state index in [1.54, 1.807) is 25.2 Å². The summed E-state index contributed by atoms with van der Waals surface area (Å²) >= 11 is 0. The van der Waals surface area contributed by atoms with E-state index in [9.17, 15) is 13.2 Å². The predicted molar refractivity (Wildman–Crippen MR) is 64.7 cm³/mol. The average molecular weight is 261 g/mol. The van der Waals surface area contributed by atoms with E-state index in [1.165, 1.54) is 0 Å². The monoisotopic (exact) mass is 261 g/mol. The van der Waals surface area contributed by atoms with Crippen LogP contribution in [-0.2, 0) is 0 Å². The largest absolute Gasteiger partial charge is 0.494 e. The minimum Gasteiger partial charge on any atom is -0.494 e. The van der Waals surface area contributed by atoms with Crippen LogP contribution in [0, 0.1) is 0 Å². The molecule has 1 unspecified atom stereocenters. The van der Waals surface area contributed by atoms with Crippen molar-refractivity contribution in [3.05, 3.63) is 29.8 Å². The summed E-state index contributed by atoms with van der Waals surface area (Å²) in [4.78, 5) is 0. The van der Waals surface area contributed by atoms with Crippen molar-refractivity contribution >= 4 is 0 Å². The van der Waals surface area contributed by atoms with Gasteiger partial charge in [-0.25, -0.2) is 0 Å². The van der Waals surface area contributed by atoms with E-state index in [2.05, 4.69) is 5.32 Å². The average Bonchev–Trinajstić information content (AvgIpc) is 2.31. The third kappa shape index (κ3) is 4.56. The van der Waals surface area contributed by atoms with Crippen molar-refractivity contribution < 1.29 is 17.9 Å². The number of para-hydroxylation sites is 1. The highest BCUT2D eigenvalue weighted by Gasteiger charge is 2.29. The Hall–Kier alpha value is -1.23. The highest BCUT2D eigenvalue weighted by Crippen LogP contribution is 2.31. The van der Waals surface area contributed by atoms with Crippen molar-refractivity contribution in [3.63, 3.8) is 0 Å². The van der Waals surface area contributed by atoms with Crippen molar-refractivity contribution in [3.8, 4) is 5.75 Å². The molecule has 5 heteroatoms. The van der Waals surface area contributed by atoms with Crippen LogP contribution < -0.4 is 10.1 Å². The van der Waals surface area contributed by atoms with E-state index in [4.69, 9.17) is 4.74 Å². The molecule has 0 radical (unpaired) electrons. The molecule has 1 N–H and O–H groups in total. The topological polar surface area (TPSA) is 21.3 Å². The fraction of sp³-hybridized carbons (Fsp3) is 0.538. The van der Waals surface area contributed by atoms with E-state index >= 15 is 0 Å². The van der Waals surface area contributed by atoms with Crippen molar-refractivity contribution in [2.75, 3.05) is 13.7 Å². The molecule has 0 aliphatic heterocycles. The highest BCUT2D eigenvalue weighted by atomic mass is 19.4. The molecule has 0 aliphatic carbocycles. The van der Waals surface area contributed by atoms with Crippen molar-refractivity contribution in [2.24, 2.45) is 0 Å². The van der Waals surface area contributed by atoms with Gasteiger partial charge in [0.25, 0.3) is 0 Å². The number of hydrogen-bond donors (Lipinski definition) is 1. The zero-order chi connectivity index (χ0) is 13.6. The number of nitrogens with one attached hydrogen (secondary N) is 1. The quantitative estimate of drug-likeness (QED) is 0.843. The van der Waals surface area contributed by atoms with Gasteiger partial charge in [-0.1, -0.05) is 18.2 Å². The Morgan fingerprint density at radius 1 is 1.28 bits per heavy atom. The van der Waals surface area contributed by atoms with Gasteiger partial charge in [0.1, 0.15) is 5.75 Å². The van der Waals surface area contributed by atoms with Gasteiger partial charge in [0.05, 0.1) is 6.61 Å². The Balaban J connectivity index is 2.81. The molecule has 2 nitrogen and oxygen atoms in total. The zero-order valence-electron chi connectivity index (χ0n) is 10.6. The van der Waals surface area contributed by atoms with Gasteiger partial charge in [-0.15, -0.1) is 0 Å². The minimum absolute atomic E-state index is 0.00406. The number of ether oxygens (including phenoxy) is 1. The second kappa shape index (κ2) is 6.64. The minimum atomic E-state index is -4.13. The van der Waals surface area contributed by atoms with Gasteiger partial charge in [-0.05, 0) is 26.5 Å². The van der Waals surface area contributed by atoms with Gasteiger partial charge >= 0.3 is 6.18 Å². The Kier molecular flexibility index (Phi) is 5.47. The lowest BCUT2D eigenvalue weighted by atomic mass is 10.0. The number of hydrogen-bond acceptors (Lipinski definition) is 2. The van der Waals surface area contributed by atoms with Crippen LogP contribution in [0.3, 0.4) is 0 Å². The normalized spacial score (nSPS) is 13.4. The van der Waals surface area contributed by atoms with E-state index in [-0.39, 0.29) is 12.5 Å². The molecule has 1 aromatic rings. The second-order valence-corrected chi connectivity index (χ2v) is 3.97. The van der Waals surface area contributed by atoms with Crippen LogP contribution in [0.25, 0.3) is 0 Å². The number of benzene rings is 1. The second-order valence-electron chi connectivity index (χ2n) is 3.97. The molecule has 0 bridgehead atoms. The maximum Gasteiger partial charge on any atom is 0.389 e. The summed E-state index contributed by atoms with van der Waals surface area (Å²) < 4.78 is 42.2. The maximum absolute atomic E-state index is 12.3. The summed E-state index contributed by atoms with van der Waals surface area (Å²) in [5.41, 5.74) is 0.770. The molecule has 0 spiro atoms.